The first-order valence-electron chi connectivity index (χ1n) is 11.1. The number of fused-ring (bicyclic) bond motifs is 3. The number of nitrogens with two attached hydrogens (primary N) is 1. The van der Waals surface area contributed by atoms with Crippen LogP contribution in [0.2, 0.25) is 0 Å². The van der Waals surface area contributed by atoms with E-state index in [1.165, 1.54) is 5.56 Å². The van der Waals surface area contributed by atoms with Crippen molar-refractivity contribution in [3.63, 3.8) is 0 Å². The molecule has 0 aliphatic heterocycles. The third kappa shape index (κ3) is 4.76. The van der Waals surface area contributed by atoms with Gasteiger partial charge in [0.25, 0.3) is 0 Å². The average molecular weight is 453 g/mol. The molecule has 1 aromatic carbocycles. The zero-order valence-corrected chi connectivity index (χ0v) is 19.0. The molecular formula is C24H34ClFN2O3. The number of benzene rings is 1. The number of rotatable bonds is 8. The maximum Gasteiger partial charge on any atom is 0.226 e. The van der Waals surface area contributed by atoms with Crippen molar-refractivity contribution in [1.82, 2.24) is 5.32 Å². The highest BCUT2D eigenvalue weighted by Crippen LogP contribution is 2.58. The quantitative estimate of drug-likeness (QED) is 0.620. The number of amides is 1. The van der Waals surface area contributed by atoms with Crippen molar-refractivity contribution in [2.75, 3.05) is 20.3 Å². The van der Waals surface area contributed by atoms with E-state index in [1.54, 1.807) is 7.11 Å². The summed E-state index contributed by atoms with van der Waals surface area (Å²) in [5, 5.41) is 3.28. The molecule has 0 spiro atoms. The molecular weight excluding hydrogens is 419 g/mol. The van der Waals surface area contributed by atoms with E-state index in [-0.39, 0.29) is 48.3 Å². The summed E-state index contributed by atoms with van der Waals surface area (Å²) < 4.78 is 23.6. The molecule has 4 fully saturated rings. The largest absolute Gasteiger partial charge is 0.489 e. The Kier molecular flexibility index (Phi) is 7.66. The van der Waals surface area contributed by atoms with E-state index in [1.807, 2.05) is 12.1 Å². The van der Waals surface area contributed by atoms with Crippen molar-refractivity contribution in [1.29, 1.82) is 0 Å². The van der Waals surface area contributed by atoms with E-state index < -0.39 is 0 Å². The molecule has 4 saturated carbocycles. The second-order valence-corrected chi connectivity index (χ2v) is 9.34. The van der Waals surface area contributed by atoms with Gasteiger partial charge >= 0.3 is 0 Å². The smallest absolute Gasteiger partial charge is 0.226 e. The van der Waals surface area contributed by atoms with Crippen LogP contribution < -0.4 is 15.8 Å². The Morgan fingerprint density at radius 3 is 2.29 bits per heavy atom. The van der Waals surface area contributed by atoms with Gasteiger partial charge in [0.15, 0.2) is 0 Å². The first-order chi connectivity index (χ1) is 14.5. The Morgan fingerprint density at radius 1 is 1.16 bits per heavy atom. The Hall–Kier alpha value is -1.63. The van der Waals surface area contributed by atoms with E-state index in [9.17, 15) is 9.18 Å². The number of nitrogens with one attached hydrogen (secondary N) is 1. The molecule has 4 aliphatic carbocycles. The van der Waals surface area contributed by atoms with E-state index in [0.29, 0.717) is 18.0 Å². The molecule has 7 heteroatoms. The van der Waals surface area contributed by atoms with Crippen molar-refractivity contribution in [2.45, 2.75) is 68.9 Å². The fourth-order valence-electron chi connectivity index (χ4n) is 5.39. The topological polar surface area (TPSA) is 73.6 Å². The second kappa shape index (κ2) is 9.88. The molecule has 5 nitrogen and oxygen atoms in total. The summed E-state index contributed by atoms with van der Waals surface area (Å²) >= 11 is 0. The van der Waals surface area contributed by atoms with Crippen LogP contribution in [0, 0.1) is 5.41 Å². The van der Waals surface area contributed by atoms with Gasteiger partial charge in [0.2, 0.25) is 5.91 Å². The number of methoxy groups -OCH3 is 1. The highest BCUT2D eigenvalue weighted by molar-refractivity contribution is 5.85. The first kappa shape index (κ1) is 24.0. The molecule has 0 atom stereocenters. The minimum Gasteiger partial charge on any atom is -0.489 e. The van der Waals surface area contributed by atoms with Gasteiger partial charge in [-0.2, -0.15) is 0 Å². The predicted molar refractivity (Wildman–Crippen MR) is 121 cm³/mol. The van der Waals surface area contributed by atoms with Gasteiger partial charge in [-0.05, 0) is 74.5 Å². The first-order valence-corrected chi connectivity index (χ1v) is 11.1. The van der Waals surface area contributed by atoms with Crippen LogP contribution in [0.4, 0.5) is 4.39 Å². The maximum atomic E-state index is 13.0. The van der Waals surface area contributed by atoms with Crippen LogP contribution in [0.3, 0.4) is 0 Å². The number of halogens is 2. The molecule has 2 bridgehead atoms. The lowest BCUT2D eigenvalue weighted by Gasteiger charge is -2.53. The zero-order chi connectivity index (χ0) is 21.2. The molecule has 31 heavy (non-hydrogen) atoms. The van der Waals surface area contributed by atoms with Crippen LogP contribution in [0.25, 0.3) is 0 Å². The Balaban J connectivity index is 0.00000272. The number of carbonyl (C=O) groups excluding carboxylic acids is 1. The van der Waals surface area contributed by atoms with Gasteiger partial charge in [-0.15, -0.1) is 12.4 Å². The Morgan fingerprint density at radius 2 is 1.77 bits per heavy atom. The van der Waals surface area contributed by atoms with Gasteiger partial charge in [0.05, 0.1) is 12.4 Å². The van der Waals surface area contributed by atoms with Crippen molar-refractivity contribution < 1.29 is 18.7 Å². The summed E-state index contributed by atoms with van der Waals surface area (Å²) in [4.78, 5) is 13.0. The molecule has 1 aromatic rings. The van der Waals surface area contributed by atoms with Crippen LogP contribution in [-0.4, -0.2) is 38.3 Å². The lowest BCUT2D eigenvalue weighted by molar-refractivity contribution is -0.140. The standard InChI is InChI=1S/C24H33FN2O3.ClH/c1-29-21-12-19(13-21)27-22(28)24-9-6-23(7-10-24,8-11-24)18-2-4-20(5-3-18)30-16-17(14-25)15-26;/h2-5,14,19,21H,6-13,15-16,26H2,1H3,(H,27,28);1H/b17-14+;/t19-,21+,23?,24?;. The van der Waals surface area contributed by atoms with Gasteiger partial charge in [-0.1, -0.05) is 12.1 Å². The van der Waals surface area contributed by atoms with Crippen molar-refractivity contribution in [3.05, 3.63) is 41.7 Å². The maximum absolute atomic E-state index is 13.0. The Labute approximate surface area is 190 Å². The number of hydrogen-bond acceptors (Lipinski definition) is 4. The van der Waals surface area contributed by atoms with E-state index >= 15 is 0 Å². The van der Waals surface area contributed by atoms with E-state index in [0.717, 1.165) is 57.1 Å². The summed E-state index contributed by atoms with van der Waals surface area (Å²) in [6, 6.07) is 8.47. The fraction of sp³-hybridized carbons (Fsp3) is 0.625. The summed E-state index contributed by atoms with van der Waals surface area (Å²) in [6.07, 6.45) is 8.71. The number of hydrogen-bond donors (Lipinski definition) is 2. The minimum atomic E-state index is -0.180. The summed E-state index contributed by atoms with van der Waals surface area (Å²) in [5.41, 5.74) is 7.22. The summed E-state index contributed by atoms with van der Waals surface area (Å²) in [5.74, 6) is 0.980. The average Bonchev–Trinajstić information content (AvgIpc) is 2.78. The van der Waals surface area contributed by atoms with Crippen LogP contribution in [-0.2, 0) is 14.9 Å². The van der Waals surface area contributed by atoms with Crippen molar-refractivity contribution in [3.8, 4) is 5.75 Å². The lowest BCUT2D eigenvalue weighted by Crippen LogP contribution is -2.56. The highest BCUT2D eigenvalue weighted by Gasteiger charge is 2.53. The van der Waals surface area contributed by atoms with Gasteiger partial charge in [-0.25, -0.2) is 4.39 Å². The molecule has 4 aliphatic rings. The van der Waals surface area contributed by atoms with E-state index in [4.69, 9.17) is 15.2 Å². The predicted octanol–water partition coefficient (Wildman–Crippen LogP) is 4.18. The van der Waals surface area contributed by atoms with Crippen molar-refractivity contribution in [2.24, 2.45) is 11.1 Å². The number of carbonyl (C=O) groups is 1. The Bertz CT molecular complexity index is 768. The summed E-state index contributed by atoms with van der Waals surface area (Å²) in [6.45, 7) is 0.321. The van der Waals surface area contributed by atoms with Gasteiger partial charge < -0.3 is 20.5 Å². The zero-order valence-electron chi connectivity index (χ0n) is 18.2. The monoisotopic (exact) mass is 452 g/mol. The van der Waals surface area contributed by atoms with Crippen LogP contribution in [0.1, 0.15) is 56.9 Å². The third-order valence-corrected chi connectivity index (χ3v) is 7.80. The summed E-state index contributed by atoms with van der Waals surface area (Å²) in [7, 11) is 1.74. The van der Waals surface area contributed by atoms with Crippen molar-refractivity contribution >= 4 is 18.3 Å². The highest BCUT2D eigenvalue weighted by atomic mass is 35.5. The normalized spacial score (nSPS) is 32.0. The number of ether oxygens (including phenoxy) is 2. The molecule has 172 valence electrons. The second-order valence-electron chi connectivity index (χ2n) is 9.34. The van der Waals surface area contributed by atoms with Crippen LogP contribution in [0.15, 0.2) is 36.2 Å². The molecule has 0 heterocycles. The molecule has 1 amide bonds. The third-order valence-electron chi connectivity index (χ3n) is 7.80. The molecule has 3 N–H and O–H groups in total. The molecule has 0 saturated heterocycles. The molecule has 0 radical (unpaired) electrons. The molecule has 5 rings (SSSR count). The van der Waals surface area contributed by atoms with Gasteiger partial charge in [0.1, 0.15) is 12.4 Å². The van der Waals surface area contributed by atoms with Crippen LogP contribution in [0.5, 0.6) is 5.75 Å². The van der Waals surface area contributed by atoms with Gasteiger partial charge in [-0.3, -0.25) is 4.79 Å². The SMILES string of the molecule is CO[C@H]1C[C@@H](NC(=O)C23CCC(c4ccc(OC/C(=C/F)CN)cc4)(CC2)CC3)C1.Cl. The lowest BCUT2D eigenvalue weighted by atomic mass is 9.51. The fourth-order valence-corrected chi connectivity index (χ4v) is 5.39. The van der Waals surface area contributed by atoms with E-state index in [2.05, 4.69) is 17.4 Å². The van der Waals surface area contributed by atoms with Gasteiger partial charge in [0, 0.05) is 30.7 Å². The molecule has 0 unspecified atom stereocenters. The minimum absolute atomic E-state index is 0. The van der Waals surface area contributed by atoms with Crippen LogP contribution >= 0.6 is 12.4 Å². The molecule has 0 aromatic heterocycles.